The Morgan fingerprint density at radius 3 is 2.32 bits per heavy atom. The zero-order valence-electron chi connectivity index (χ0n) is 16.1. The topological polar surface area (TPSA) is 94.5 Å². The number of esters is 1. The van der Waals surface area contributed by atoms with Crippen LogP contribution < -0.4 is 14.2 Å². The fraction of sp³-hybridized carbons (Fsp3) is 0.381. The molecule has 0 aromatic heterocycles. The summed E-state index contributed by atoms with van der Waals surface area (Å²) >= 11 is 0. The highest BCUT2D eigenvalue weighted by Crippen LogP contribution is 2.36. The van der Waals surface area contributed by atoms with Crippen molar-refractivity contribution in [2.75, 3.05) is 27.9 Å². The molecule has 1 aliphatic rings. The average Bonchev–Trinajstić information content (AvgIpc) is 2.97. The lowest BCUT2D eigenvalue weighted by molar-refractivity contribution is -0.154. The lowest BCUT2D eigenvalue weighted by atomic mass is 9.81. The molecule has 2 atom stereocenters. The number of benzene rings is 2. The van der Waals surface area contributed by atoms with E-state index < -0.39 is 17.5 Å². The van der Waals surface area contributed by atoms with Gasteiger partial charge >= 0.3 is 5.97 Å². The van der Waals surface area contributed by atoms with Crippen LogP contribution in [0.5, 0.6) is 23.0 Å². The standard InChI is InChI=1S/C21H24O7/c1-25-17-7-5-13(9-19(17)27-3)8-15-12-28-20(23)21(15,24)11-14-4-6-16(22)18(10-14)26-2/h4-7,9-10,15,22,24H,8,11-12H2,1-3H3/t15-,21-/m1/s1. The van der Waals surface area contributed by atoms with Gasteiger partial charge in [0.1, 0.15) is 0 Å². The van der Waals surface area contributed by atoms with Crippen molar-refractivity contribution in [2.45, 2.75) is 18.4 Å². The number of aliphatic hydroxyl groups is 1. The van der Waals surface area contributed by atoms with Crippen molar-refractivity contribution in [3.63, 3.8) is 0 Å². The highest BCUT2D eigenvalue weighted by atomic mass is 16.6. The molecule has 2 aromatic rings. The van der Waals surface area contributed by atoms with Gasteiger partial charge in [-0.1, -0.05) is 12.1 Å². The molecule has 1 aliphatic heterocycles. The van der Waals surface area contributed by atoms with E-state index in [0.717, 1.165) is 5.56 Å². The zero-order valence-corrected chi connectivity index (χ0v) is 16.1. The summed E-state index contributed by atoms with van der Waals surface area (Å²) < 4.78 is 20.9. The molecule has 1 fully saturated rings. The Hall–Kier alpha value is -2.93. The number of aromatic hydroxyl groups is 1. The molecule has 1 saturated heterocycles. The Bertz CT molecular complexity index is 864. The number of hydrogen-bond acceptors (Lipinski definition) is 7. The van der Waals surface area contributed by atoms with E-state index in [0.29, 0.717) is 23.5 Å². The second kappa shape index (κ2) is 7.98. The van der Waals surface area contributed by atoms with Crippen LogP contribution in [0.25, 0.3) is 0 Å². The van der Waals surface area contributed by atoms with Crippen molar-refractivity contribution >= 4 is 5.97 Å². The van der Waals surface area contributed by atoms with Gasteiger partial charge in [-0.15, -0.1) is 0 Å². The van der Waals surface area contributed by atoms with Crippen LogP contribution in [0.15, 0.2) is 36.4 Å². The van der Waals surface area contributed by atoms with Gasteiger partial charge in [-0.05, 0) is 41.8 Å². The Kier molecular flexibility index (Phi) is 5.65. The van der Waals surface area contributed by atoms with Crippen LogP contribution in [-0.2, 0) is 22.4 Å². The third-order valence-corrected chi connectivity index (χ3v) is 5.09. The summed E-state index contributed by atoms with van der Waals surface area (Å²) in [6.45, 7) is 0.124. The number of methoxy groups -OCH3 is 3. The molecule has 0 radical (unpaired) electrons. The summed E-state index contributed by atoms with van der Waals surface area (Å²) in [5, 5.41) is 20.9. The predicted molar refractivity (Wildman–Crippen MR) is 101 cm³/mol. The minimum Gasteiger partial charge on any atom is -0.504 e. The molecule has 2 aromatic carbocycles. The van der Waals surface area contributed by atoms with Crippen molar-refractivity contribution in [1.82, 2.24) is 0 Å². The van der Waals surface area contributed by atoms with Gasteiger partial charge in [-0.25, -0.2) is 4.79 Å². The Balaban J connectivity index is 1.84. The first-order chi connectivity index (χ1) is 13.4. The molecule has 0 bridgehead atoms. The zero-order chi connectivity index (χ0) is 20.3. The summed E-state index contributed by atoms with van der Waals surface area (Å²) in [6, 6.07) is 10.2. The molecule has 0 spiro atoms. The number of ether oxygens (including phenoxy) is 4. The number of carbonyl (C=O) groups is 1. The van der Waals surface area contributed by atoms with Crippen molar-refractivity contribution in [3.8, 4) is 23.0 Å². The van der Waals surface area contributed by atoms with E-state index in [1.165, 1.54) is 13.2 Å². The van der Waals surface area contributed by atoms with Crippen LogP contribution >= 0.6 is 0 Å². The quantitative estimate of drug-likeness (QED) is 0.702. The summed E-state index contributed by atoms with van der Waals surface area (Å²) in [5.41, 5.74) is -0.120. The SMILES string of the molecule is COc1cc(C[C@]2(O)C(=O)OC[C@H]2Cc2ccc(OC)c(OC)c2)ccc1O. The number of rotatable bonds is 7. The van der Waals surface area contributed by atoms with Gasteiger partial charge in [0.25, 0.3) is 0 Å². The molecule has 7 heteroatoms. The van der Waals surface area contributed by atoms with E-state index in [1.54, 1.807) is 32.4 Å². The summed E-state index contributed by atoms with van der Waals surface area (Å²) in [4.78, 5) is 12.3. The highest BCUT2D eigenvalue weighted by Gasteiger charge is 2.51. The van der Waals surface area contributed by atoms with E-state index in [2.05, 4.69) is 0 Å². The summed E-state index contributed by atoms with van der Waals surface area (Å²) in [6.07, 6.45) is 0.484. The predicted octanol–water partition coefficient (Wildman–Crippen LogP) is 2.11. The van der Waals surface area contributed by atoms with Gasteiger partial charge in [0.2, 0.25) is 0 Å². The number of carbonyl (C=O) groups excluding carboxylic acids is 1. The first kappa shape index (κ1) is 19.8. The van der Waals surface area contributed by atoms with Crippen LogP contribution in [0, 0.1) is 5.92 Å². The molecule has 0 amide bonds. The maximum atomic E-state index is 12.3. The number of phenolic OH excluding ortho intramolecular Hbond substituents is 1. The summed E-state index contributed by atoms with van der Waals surface area (Å²) in [7, 11) is 4.56. The third kappa shape index (κ3) is 3.71. The molecule has 0 aliphatic carbocycles. The van der Waals surface area contributed by atoms with Gasteiger partial charge < -0.3 is 29.2 Å². The molecule has 2 N–H and O–H groups in total. The molecule has 0 unspecified atom stereocenters. The lowest BCUT2D eigenvalue weighted by Gasteiger charge is -2.26. The van der Waals surface area contributed by atoms with E-state index >= 15 is 0 Å². The normalized spacial score (nSPS) is 21.3. The Labute approximate surface area is 163 Å². The van der Waals surface area contributed by atoms with E-state index in [1.807, 2.05) is 12.1 Å². The monoisotopic (exact) mass is 388 g/mol. The summed E-state index contributed by atoms with van der Waals surface area (Å²) in [5.74, 6) is 0.384. The first-order valence-electron chi connectivity index (χ1n) is 8.87. The smallest absolute Gasteiger partial charge is 0.338 e. The maximum Gasteiger partial charge on any atom is 0.338 e. The molecular weight excluding hydrogens is 364 g/mol. The number of cyclic esters (lactones) is 1. The van der Waals surface area contributed by atoms with Crippen LogP contribution in [0.3, 0.4) is 0 Å². The average molecular weight is 388 g/mol. The molecule has 7 nitrogen and oxygen atoms in total. The molecular formula is C21H24O7. The maximum absolute atomic E-state index is 12.3. The van der Waals surface area contributed by atoms with Crippen LogP contribution in [0.2, 0.25) is 0 Å². The van der Waals surface area contributed by atoms with Crippen molar-refractivity contribution in [3.05, 3.63) is 47.5 Å². The van der Waals surface area contributed by atoms with E-state index in [9.17, 15) is 15.0 Å². The molecule has 150 valence electrons. The lowest BCUT2D eigenvalue weighted by Crippen LogP contribution is -2.44. The fourth-order valence-electron chi connectivity index (χ4n) is 3.49. The Morgan fingerprint density at radius 2 is 1.64 bits per heavy atom. The van der Waals surface area contributed by atoms with Gasteiger partial charge in [0.15, 0.2) is 28.6 Å². The second-order valence-corrected chi connectivity index (χ2v) is 6.80. The fourth-order valence-corrected chi connectivity index (χ4v) is 3.49. The van der Waals surface area contributed by atoms with Crippen molar-refractivity contribution in [1.29, 1.82) is 0 Å². The highest BCUT2D eigenvalue weighted by molar-refractivity contribution is 5.82. The van der Waals surface area contributed by atoms with Crippen LogP contribution in [-0.4, -0.2) is 49.7 Å². The van der Waals surface area contributed by atoms with Crippen molar-refractivity contribution < 1.29 is 34.0 Å². The first-order valence-corrected chi connectivity index (χ1v) is 8.87. The van der Waals surface area contributed by atoms with Crippen LogP contribution in [0.4, 0.5) is 0 Å². The van der Waals surface area contributed by atoms with Gasteiger partial charge in [-0.2, -0.15) is 0 Å². The van der Waals surface area contributed by atoms with Gasteiger partial charge in [0, 0.05) is 12.3 Å². The van der Waals surface area contributed by atoms with E-state index in [-0.39, 0.29) is 24.5 Å². The molecule has 0 saturated carbocycles. The minimum absolute atomic E-state index is 0.00545. The Morgan fingerprint density at radius 1 is 1.00 bits per heavy atom. The molecule has 1 heterocycles. The molecule has 28 heavy (non-hydrogen) atoms. The number of hydrogen-bond donors (Lipinski definition) is 2. The second-order valence-electron chi connectivity index (χ2n) is 6.80. The minimum atomic E-state index is -1.67. The third-order valence-electron chi connectivity index (χ3n) is 5.09. The van der Waals surface area contributed by atoms with E-state index in [4.69, 9.17) is 18.9 Å². The van der Waals surface area contributed by atoms with Crippen molar-refractivity contribution in [2.24, 2.45) is 5.92 Å². The largest absolute Gasteiger partial charge is 0.504 e. The van der Waals surface area contributed by atoms with Crippen LogP contribution in [0.1, 0.15) is 11.1 Å². The number of phenols is 1. The van der Waals surface area contributed by atoms with Gasteiger partial charge in [0.05, 0.1) is 27.9 Å². The molecule has 3 rings (SSSR count). The van der Waals surface area contributed by atoms with Gasteiger partial charge in [-0.3, -0.25) is 0 Å².